The molecule has 17 heavy (non-hydrogen) atoms. The standard InChI is InChI=1S/C13H21NO3/c1-5-13(6-2,8-15)7-14-11(16)9(3)10(4)12(14)17/h15H,5-8H2,1-4H3. The smallest absolute Gasteiger partial charge is 0.256 e. The molecule has 0 aliphatic carbocycles. The van der Waals surface area contributed by atoms with E-state index >= 15 is 0 Å². The van der Waals surface area contributed by atoms with E-state index in [2.05, 4.69) is 0 Å². The molecule has 0 aromatic rings. The number of carbonyl (C=O) groups excluding carboxylic acids is 2. The van der Waals surface area contributed by atoms with E-state index in [0.717, 1.165) is 12.8 Å². The number of aliphatic hydroxyl groups is 1. The third-order valence-corrected chi connectivity index (χ3v) is 4.02. The summed E-state index contributed by atoms with van der Waals surface area (Å²) in [4.78, 5) is 25.1. The summed E-state index contributed by atoms with van der Waals surface area (Å²) < 4.78 is 0. The van der Waals surface area contributed by atoms with Crippen LogP contribution in [0, 0.1) is 5.41 Å². The maximum absolute atomic E-state index is 11.9. The van der Waals surface area contributed by atoms with Crippen molar-refractivity contribution < 1.29 is 14.7 Å². The molecule has 2 amide bonds. The summed E-state index contributed by atoms with van der Waals surface area (Å²) in [5, 5.41) is 9.48. The number of amides is 2. The van der Waals surface area contributed by atoms with Crippen molar-refractivity contribution in [1.82, 2.24) is 4.90 Å². The largest absolute Gasteiger partial charge is 0.396 e. The Balaban J connectivity index is 2.91. The number of hydrogen-bond acceptors (Lipinski definition) is 3. The van der Waals surface area contributed by atoms with E-state index in [1.165, 1.54) is 4.90 Å². The van der Waals surface area contributed by atoms with Gasteiger partial charge in [0.2, 0.25) is 0 Å². The zero-order valence-corrected chi connectivity index (χ0v) is 11.0. The highest BCUT2D eigenvalue weighted by Crippen LogP contribution is 2.30. The van der Waals surface area contributed by atoms with Crippen molar-refractivity contribution in [2.45, 2.75) is 40.5 Å². The maximum Gasteiger partial charge on any atom is 0.256 e. The molecular weight excluding hydrogens is 218 g/mol. The number of carbonyl (C=O) groups is 2. The molecule has 0 spiro atoms. The number of hydrogen-bond donors (Lipinski definition) is 1. The van der Waals surface area contributed by atoms with Crippen molar-refractivity contribution in [2.75, 3.05) is 13.2 Å². The van der Waals surface area contributed by atoms with Crippen LogP contribution in [0.4, 0.5) is 0 Å². The average Bonchev–Trinajstić information content (AvgIpc) is 2.53. The van der Waals surface area contributed by atoms with Gasteiger partial charge in [0.25, 0.3) is 11.8 Å². The quantitative estimate of drug-likeness (QED) is 0.739. The lowest BCUT2D eigenvalue weighted by molar-refractivity contribution is -0.140. The van der Waals surface area contributed by atoms with Gasteiger partial charge < -0.3 is 5.11 Å². The number of rotatable bonds is 5. The van der Waals surface area contributed by atoms with Crippen LogP contribution < -0.4 is 0 Å². The molecule has 4 nitrogen and oxygen atoms in total. The first-order valence-electron chi connectivity index (χ1n) is 6.07. The van der Waals surface area contributed by atoms with E-state index in [0.29, 0.717) is 17.7 Å². The van der Waals surface area contributed by atoms with Gasteiger partial charge >= 0.3 is 0 Å². The van der Waals surface area contributed by atoms with Crippen molar-refractivity contribution in [3.8, 4) is 0 Å². The average molecular weight is 239 g/mol. The molecule has 0 aromatic heterocycles. The molecule has 1 aliphatic rings. The lowest BCUT2D eigenvalue weighted by Crippen LogP contribution is -2.43. The summed E-state index contributed by atoms with van der Waals surface area (Å²) >= 11 is 0. The Morgan fingerprint density at radius 1 is 1.06 bits per heavy atom. The summed E-state index contributed by atoms with van der Waals surface area (Å²) in [5.74, 6) is -0.431. The van der Waals surface area contributed by atoms with E-state index in [1.54, 1.807) is 13.8 Å². The second-order valence-corrected chi connectivity index (χ2v) is 4.81. The summed E-state index contributed by atoms with van der Waals surface area (Å²) in [7, 11) is 0. The Morgan fingerprint density at radius 3 is 1.76 bits per heavy atom. The second kappa shape index (κ2) is 5.00. The van der Waals surface area contributed by atoms with Gasteiger partial charge in [-0.2, -0.15) is 0 Å². The van der Waals surface area contributed by atoms with Gasteiger partial charge in [0, 0.05) is 23.1 Å². The van der Waals surface area contributed by atoms with E-state index in [9.17, 15) is 14.7 Å². The van der Waals surface area contributed by atoms with Crippen LogP contribution in [0.1, 0.15) is 40.5 Å². The molecule has 96 valence electrons. The SMILES string of the molecule is CCC(CC)(CO)CN1C(=O)C(C)=C(C)C1=O. The first kappa shape index (κ1) is 13.9. The topological polar surface area (TPSA) is 57.6 Å². The van der Waals surface area contributed by atoms with Gasteiger partial charge in [-0.15, -0.1) is 0 Å². The Morgan fingerprint density at radius 2 is 1.47 bits per heavy atom. The van der Waals surface area contributed by atoms with Crippen molar-refractivity contribution >= 4 is 11.8 Å². The van der Waals surface area contributed by atoms with Gasteiger partial charge in [-0.1, -0.05) is 13.8 Å². The highest BCUT2D eigenvalue weighted by atomic mass is 16.3. The number of aliphatic hydroxyl groups excluding tert-OH is 1. The van der Waals surface area contributed by atoms with Crippen LogP contribution in [0.2, 0.25) is 0 Å². The van der Waals surface area contributed by atoms with Gasteiger partial charge in [-0.25, -0.2) is 0 Å². The third kappa shape index (κ3) is 2.27. The van der Waals surface area contributed by atoms with Crippen LogP contribution >= 0.6 is 0 Å². The van der Waals surface area contributed by atoms with E-state index in [1.807, 2.05) is 13.8 Å². The molecule has 0 unspecified atom stereocenters. The summed E-state index contributed by atoms with van der Waals surface area (Å²) in [5.41, 5.74) is 0.680. The maximum atomic E-state index is 11.9. The van der Waals surface area contributed by atoms with Gasteiger partial charge in [0.05, 0.1) is 6.61 Å². The van der Waals surface area contributed by atoms with Crippen LogP contribution in [-0.4, -0.2) is 35.0 Å². The number of nitrogens with zero attached hydrogens (tertiary/aromatic N) is 1. The second-order valence-electron chi connectivity index (χ2n) is 4.81. The summed E-state index contributed by atoms with van der Waals surface area (Å²) in [6.07, 6.45) is 1.49. The van der Waals surface area contributed by atoms with Crippen molar-refractivity contribution in [3.63, 3.8) is 0 Å². The fourth-order valence-electron chi connectivity index (χ4n) is 2.04. The minimum absolute atomic E-state index is 0.00481. The van der Waals surface area contributed by atoms with E-state index < -0.39 is 0 Å². The van der Waals surface area contributed by atoms with Crippen LogP contribution in [0.15, 0.2) is 11.1 Å². The van der Waals surface area contributed by atoms with Crippen LogP contribution in [0.25, 0.3) is 0 Å². The van der Waals surface area contributed by atoms with Gasteiger partial charge in [-0.3, -0.25) is 14.5 Å². The molecule has 1 heterocycles. The van der Waals surface area contributed by atoms with E-state index in [-0.39, 0.29) is 23.8 Å². The molecule has 4 heteroatoms. The van der Waals surface area contributed by atoms with Gasteiger partial charge in [0.1, 0.15) is 0 Å². The molecule has 0 bridgehead atoms. The minimum atomic E-state index is -0.365. The van der Waals surface area contributed by atoms with E-state index in [4.69, 9.17) is 0 Å². The highest BCUT2D eigenvalue weighted by molar-refractivity contribution is 6.18. The predicted octanol–water partition coefficient (Wildman–Crippen LogP) is 1.49. The molecule has 0 saturated carbocycles. The molecule has 0 aromatic carbocycles. The lowest BCUT2D eigenvalue weighted by Gasteiger charge is -2.33. The fraction of sp³-hybridized carbons (Fsp3) is 0.692. The first-order chi connectivity index (χ1) is 7.92. The zero-order valence-electron chi connectivity index (χ0n) is 11.0. The van der Waals surface area contributed by atoms with Crippen molar-refractivity contribution in [2.24, 2.45) is 5.41 Å². The number of imide groups is 1. The minimum Gasteiger partial charge on any atom is -0.396 e. The summed E-state index contributed by atoms with van der Waals surface area (Å²) in [6, 6.07) is 0. The van der Waals surface area contributed by atoms with Crippen molar-refractivity contribution in [3.05, 3.63) is 11.1 Å². The first-order valence-corrected chi connectivity index (χ1v) is 6.07. The normalized spacial score (nSPS) is 17.4. The van der Waals surface area contributed by atoms with Crippen LogP contribution in [-0.2, 0) is 9.59 Å². The third-order valence-electron chi connectivity index (χ3n) is 4.02. The molecule has 0 atom stereocenters. The van der Waals surface area contributed by atoms with Crippen molar-refractivity contribution in [1.29, 1.82) is 0 Å². The highest BCUT2D eigenvalue weighted by Gasteiger charge is 2.38. The molecule has 0 fully saturated rings. The Kier molecular flexibility index (Phi) is 4.09. The fourth-order valence-corrected chi connectivity index (χ4v) is 2.04. The Labute approximate surface area is 102 Å². The van der Waals surface area contributed by atoms with Gasteiger partial charge in [0.15, 0.2) is 0 Å². The Hall–Kier alpha value is -1.16. The molecule has 1 rings (SSSR count). The summed E-state index contributed by atoms with van der Waals surface area (Å²) in [6.45, 7) is 7.59. The monoisotopic (exact) mass is 239 g/mol. The predicted molar refractivity (Wildman–Crippen MR) is 65.2 cm³/mol. The zero-order chi connectivity index (χ0) is 13.2. The molecule has 1 aliphatic heterocycles. The molecule has 0 radical (unpaired) electrons. The Bertz CT molecular complexity index is 335. The molecule has 0 saturated heterocycles. The van der Waals surface area contributed by atoms with Crippen LogP contribution in [0.3, 0.4) is 0 Å². The molecular formula is C13H21NO3. The molecule has 1 N–H and O–H groups in total. The van der Waals surface area contributed by atoms with Gasteiger partial charge in [-0.05, 0) is 26.7 Å². The van der Waals surface area contributed by atoms with Crippen LogP contribution in [0.5, 0.6) is 0 Å². The lowest BCUT2D eigenvalue weighted by atomic mass is 9.82.